The van der Waals surface area contributed by atoms with Gasteiger partial charge in [0.15, 0.2) is 0 Å². The maximum Gasteiger partial charge on any atom is 0.241 e. The SMILES string of the molecule is CC(C(=O)Nc1ccc(F)cc1)N1CCCCCC1. The third-order valence-corrected chi connectivity index (χ3v) is 3.68. The van der Waals surface area contributed by atoms with Crippen molar-refractivity contribution >= 4 is 11.6 Å². The number of hydrogen-bond donors (Lipinski definition) is 1. The predicted molar refractivity (Wildman–Crippen MR) is 74.5 cm³/mol. The van der Waals surface area contributed by atoms with Crippen LogP contribution in [0.1, 0.15) is 32.6 Å². The van der Waals surface area contributed by atoms with Gasteiger partial charge in [-0.1, -0.05) is 12.8 Å². The average Bonchev–Trinajstić information content (AvgIpc) is 2.69. The standard InChI is InChI=1S/C15H21FN2O/c1-12(18-10-4-2-3-5-11-18)15(19)17-14-8-6-13(16)7-9-14/h6-9,12H,2-5,10-11H2,1H3,(H,17,19). The van der Waals surface area contributed by atoms with E-state index in [4.69, 9.17) is 0 Å². The van der Waals surface area contributed by atoms with Gasteiger partial charge in [0.2, 0.25) is 5.91 Å². The van der Waals surface area contributed by atoms with Gasteiger partial charge >= 0.3 is 0 Å². The molecule has 104 valence electrons. The lowest BCUT2D eigenvalue weighted by Crippen LogP contribution is -2.42. The van der Waals surface area contributed by atoms with Crippen LogP contribution in [-0.4, -0.2) is 29.9 Å². The zero-order chi connectivity index (χ0) is 13.7. The van der Waals surface area contributed by atoms with E-state index in [1.807, 2.05) is 6.92 Å². The van der Waals surface area contributed by atoms with Crippen molar-refractivity contribution in [2.45, 2.75) is 38.6 Å². The van der Waals surface area contributed by atoms with Gasteiger partial charge in [-0.05, 0) is 57.1 Å². The largest absolute Gasteiger partial charge is 0.325 e. The third kappa shape index (κ3) is 4.03. The summed E-state index contributed by atoms with van der Waals surface area (Å²) in [6.07, 6.45) is 4.83. The van der Waals surface area contributed by atoms with Gasteiger partial charge in [-0.15, -0.1) is 0 Å². The number of likely N-dealkylation sites (tertiary alicyclic amines) is 1. The molecule has 1 amide bonds. The molecule has 2 rings (SSSR count). The van der Waals surface area contributed by atoms with Crippen LogP contribution in [0.25, 0.3) is 0 Å². The molecule has 1 saturated heterocycles. The van der Waals surface area contributed by atoms with Gasteiger partial charge in [0, 0.05) is 5.69 Å². The van der Waals surface area contributed by atoms with Gasteiger partial charge in [0.1, 0.15) is 5.82 Å². The molecule has 1 N–H and O–H groups in total. The molecule has 1 unspecified atom stereocenters. The lowest BCUT2D eigenvalue weighted by molar-refractivity contribution is -0.120. The smallest absolute Gasteiger partial charge is 0.241 e. The number of amides is 1. The normalized spacial score (nSPS) is 18.6. The van der Waals surface area contributed by atoms with E-state index < -0.39 is 0 Å². The minimum atomic E-state index is -0.293. The number of carbonyl (C=O) groups excluding carboxylic acids is 1. The number of benzene rings is 1. The van der Waals surface area contributed by atoms with Crippen LogP contribution in [0.2, 0.25) is 0 Å². The minimum Gasteiger partial charge on any atom is -0.325 e. The van der Waals surface area contributed by atoms with Gasteiger partial charge in [0.25, 0.3) is 0 Å². The molecule has 0 radical (unpaired) electrons. The molecule has 19 heavy (non-hydrogen) atoms. The van der Waals surface area contributed by atoms with Crippen molar-refractivity contribution in [2.75, 3.05) is 18.4 Å². The highest BCUT2D eigenvalue weighted by Crippen LogP contribution is 2.14. The van der Waals surface area contributed by atoms with Crippen molar-refractivity contribution in [3.63, 3.8) is 0 Å². The summed E-state index contributed by atoms with van der Waals surface area (Å²) in [5, 5.41) is 2.84. The first-order valence-electron chi connectivity index (χ1n) is 6.97. The Bertz CT molecular complexity index is 411. The summed E-state index contributed by atoms with van der Waals surface area (Å²) in [6, 6.07) is 5.74. The molecule has 1 atom stereocenters. The second-order valence-electron chi connectivity index (χ2n) is 5.12. The zero-order valence-corrected chi connectivity index (χ0v) is 11.4. The lowest BCUT2D eigenvalue weighted by atomic mass is 10.2. The quantitative estimate of drug-likeness (QED) is 0.910. The van der Waals surface area contributed by atoms with Crippen LogP contribution >= 0.6 is 0 Å². The number of nitrogens with one attached hydrogen (secondary N) is 1. The molecule has 1 fully saturated rings. The molecule has 3 nitrogen and oxygen atoms in total. The molecule has 1 aliphatic heterocycles. The summed E-state index contributed by atoms with van der Waals surface area (Å²) in [6.45, 7) is 3.90. The summed E-state index contributed by atoms with van der Waals surface area (Å²) in [5.41, 5.74) is 0.646. The Morgan fingerprint density at radius 3 is 2.32 bits per heavy atom. The fourth-order valence-corrected chi connectivity index (χ4v) is 2.43. The second-order valence-corrected chi connectivity index (χ2v) is 5.12. The molecular weight excluding hydrogens is 243 g/mol. The van der Waals surface area contributed by atoms with E-state index in [-0.39, 0.29) is 17.8 Å². The molecule has 0 aromatic heterocycles. The Balaban J connectivity index is 1.92. The predicted octanol–water partition coefficient (Wildman–Crippen LogP) is 3.03. The van der Waals surface area contributed by atoms with E-state index in [1.54, 1.807) is 12.1 Å². The third-order valence-electron chi connectivity index (χ3n) is 3.68. The highest BCUT2D eigenvalue weighted by atomic mass is 19.1. The minimum absolute atomic E-state index is 0.0199. The number of rotatable bonds is 3. The summed E-state index contributed by atoms with van der Waals surface area (Å²) >= 11 is 0. The fourth-order valence-electron chi connectivity index (χ4n) is 2.43. The van der Waals surface area contributed by atoms with Crippen LogP contribution in [0.15, 0.2) is 24.3 Å². The first kappa shape index (κ1) is 14.0. The lowest BCUT2D eigenvalue weighted by Gasteiger charge is -2.26. The topological polar surface area (TPSA) is 32.3 Å². The van der Waals surface area contributed by atoms with Crippen molar-refractivity contribution in [1.29, 1.82) is 0 Å². The molecule has 1 heterocycles. The molecule has 4 heteroatoms. The van der Waals surface area contributed by atoms with Crippen molar-refractivity contribution in [1.82, 2.24) is 4.90 Å². The highest BCUT2D eigenvalue weighted by Gasteiger charge is 2.21. The van der Waals surface area contributed by atoms with Crippen molar-refractivity contribution in [2.24, 2.45) is 0 Å². The Morgan fingerprint density at radius 2 is 1.74 bits per heavy atom. The van der Waals surface area contributed by atoms with Gasteiger partial charge in [-0.2, -0.15) is 0 Å². The van der Waals surface area contributed by atoms with Crippen LogP contribution < -0.4 is 5.32 Å². The van der Waals surface area contributed by atoms with Crippen LogP contribution in [0, 0.1) is 5.82 Å². The van der Waals surface area contributed by atoms with E-state index in [1.165, 1.54) is 25.0 Å². The molecular formula is C15H21FN2O. The van der Waals surface area contributed by atoms with Gasteiger partial charge in [-0.3, -0.25) is 9.69 Å². The van der Waals surface area contributed by atoms with E-state index in [9.17, 15) is 9.18 Å². The van der Waals surface area contributed by atoms with Crippen molar-refractivity contribution in [3.8, 4) is 0 Å². The summed E-state index contributed by atoms with van der Waals surface area (Å²) in [5.74, 6) is -0.313. The van der Waals surface area contributed by atoms with E-state index in [0.29, 0.717) is 5.69 Å². The molecule has 0 saturated carbocycles. The first-order valence-corrected chi connectivity index (χ1v) is 6.97. The molecule has 1 aliphatic rings. The number of anilines is 1. The monoisotopic (exact) mass is 264 g/mol. The van der Waals surface area contributed by atoms with E-state index >= 15 is 0 Å². The van der Waals surface area contributed by atoms with Crippen molar-refractivity contribution < 1.29 is 9.18 Å². The van der Waals surface area contributed by atoms with Gasteiger partial charge in [0.05, 0.1) is 6.04 Å². The summed E-state index contributed by atoms with van der Waals surface area (Å²) in [7, 11) is 0. The number of hydrogen-bond acceptors (Lipinski definition) is 2. The maximum atomic E-state index is 12.8. The van der Waals surface area contributed by atoms with Crippen molar-refractivity contribution in [3.05, 3.63) is 30.1 Å². The van der Waals surface area contributed by atoms with Crippen LogP contribution in [0.4, 0.5) is 10.1 Å². The zero-order valence-electron chi connectivity index (χ0n) is 11.4. The first-order chi connectivity index (χ1) is 9.16. The van der Waals surface area contributed by atoms with Gasteiger partial charge in [-0.25, -0.2) is 4.39 Å². The summed E-state index contributed by atoms with van der Waals surface area (Å²) in [4.78, 5) is 14.4. The Labute approximate surface area is 113 Å². The van der Waals surface area contributed by atoms with Crippen LogP contribution in [-0.2, 0) is 4.79 Å². The molecule has 0 aliphatic carbocycles. The Kier molecular flexibility index (Phi) is 4.91. The van der Waals surface area contributed by atoms with E-state index in [2.05, 4.69) is 10.2 Å². The molecule has 0 spiro atoms. The van der Waals surface area contributed by atoms with E-state index in [0.717, 1.165) is 25.9 Å². The second kappa shape index (κ2) is 6.66. The number of halogens is 1. The number of carbonyl (C=O) groups is 1. The van der Waals surface area contributed by atoms with Crippen LogP contribution in [0.5, 0.6) is 0 Å². The fraction of sp³-hybridized carbons (Fsp3) is 0.533. The molecule has 0 bridgehead atoms. The van der Waals surface area contributed by atoms with Gasteiger partial charge < -0.3 is 5.32 Å². The Morgan fingerprint density at radius 1 is 1.16 bits per heavy atom. The number of nitrogens with zero attached hydrogens (tertiary/aromatic N) is 1. The molecule has 1 aromatic rings. The Hall–Kier alpha value is -1.42. The highest BCUT2D eigenvalue weighted by molar-refractivity contribution is 5.94. The van der Waals surface area contributed by atoms with Crippen LogP contribution in [0.3, 0.4) is 0 Å². The molecule has 1 aromatic carbocycles. The summed E-state index contributed by atoms with van der Waals surface area (Å²) < 4.78 is 12.8. The maximum absolute atomic E-state index is 12.8. The average molecular weight is 264 g/mol.